The lowest BCUT2D eigenvalue weighted by atomic mass is 10.1. The average Bonchev–Trinajstić information content (AvgIpc) is 2.07. The van der Waals surface area contributed by atoms with Crippen LogP contribution in [0.2, 0.25) is 0 Å². The Morgan fingerprint density at radius 2 is 1.91 bits per heavy atom. The Kier molecular flexibility index (Phi) is 3.37. The summed E-state index contributed by atoms with van der Waals surface area (Å²) in [5.41, 5.74) is 2.58. The van der Waals surface area contributed by atoms with Crippen molar-refractivity contribution in [1.82, 2.24) is 0 Å². The van der Waals surface area contributed by atoms with Crippen LogP contribution in [0, 0.1) is 0 Å². The van der Waals surface area contributed by atoms with E-state index in [9.17, 15) is 0 Å². The Morgan fingerprint density at radius 1 is 1.27 bits per heavy atom. The summed E-state index contributed by atoms with van der Waals surface area (Å²) >= 11 is 3.40. The lowest BCUT2D eigenvalue weighted by Gasteiger charge is -1.95. The predicted octanol–water partition coefficient (Wildman–Crippen LogP) is 3.61. The van der Waals surface area contributed by atoms with Crippen LogP contribution in [0.1, 0.15) is 18.1 Å². The fraction of sp³-hybridized carbons (Fsp3) is 0.200. The predicted molar refractivity (Wildman–Crippen MR) is 53.8 cm³/mol. The van der Waals surface area contributed by atoms with E-state index in [-0.39, 0.29) is 0 Å². The first kappa shape index (κ1) is 8.54. The van der Waals surface area contributed by atoms with Crippen molar-refractivity contribution in [3.63, 3.8) is 0 Å². The largest absolute Gasteiger partial charge is 0.0876 e. The van der Waals surface area contributed by atoms with Gasteiger partial charge in [0.05, 0.1) is 0 Å². The molecule has 1 heteroatoms. The summed E-state index contributed by atoms with van der Waals surface area (Å²) in [6.07, 6.45) is 4.14. The molecule has 1 aromatic rings. The normalized spacial score (nSPS) is 10.7. The van der Waals surface area contributed by atoms with Crippen molar-refractivity contribution in [2.45, 2.75) is 12.3 Å². The van der Waals surface area contributed by atoms with Gasteiger partial charge < -0.3 is 0 Å². The molecule has 0 radical (unpaired) electrons. The van der Waals surface area contributed by atoms with Gasteiger partial charge in [0.15, 0.2) is 0 Å². The molecule has 0 saturated heterocycles. The van der Waals surface area contributed by atoms with Crippen LogP contribution in [-0.4, -0.2) is 0 Å². The van der Waals surface area contributed by atoms with Gasteiger partial charge in [-0.3, -0.25) is 0 Å². The molecule has 0 amide bonds. The van der Waals surface area contributed by atoms with E-state index >= 15 is 0 Å². The van der Waals surface area contributed by atoms with Gasteiger partial charge >= 0.3 is 0 Å². The summed E-state index contributed by atoms with van der Waals surface area (Å²) in [6, 6.07) is 8.50. The second-order valence-electron chi connectivity index (χ2n) is 2.38. The van der Waals surface area contributed by atoms with Gasteiger partial charge in [-0.25, -0.2) is 0 Å². The van der Waals surface area contributed by atoms with Crippen LogP contribution in [0.5, 0.6) is 0 Å². The smallest absolute Gasteiger partial charge is 0.0283 e. The van der Waals surface area contributed by atoms with E-state index < -0.39 is 0 Å². The molecule has 0 aliphatic carbocycles. The lowest BCUT2D eigenvalue weighted by molar-refractivity contribution is 1.43. The van der Waals surface area contributed by atoms with E-state index in [0.717, 1.165) is 5.33 Å². The van der Waals surface area contributed by atoms with E-state index in [0.29, 0.717) is 0 Å². The Labute approximate surface area is 76.1 Å². The van der Waals surface area contributed by atoms with Crippen LogP contribution in [0.25, 0.3) is 6.08 Å². The van der Waals surface area contributed by atoms with Gasteiger partial charge in [0, 0.05) is 5.33 Å². The average molecular weight is 211 g/mol. The standard InChI is InChI=1S/C10H11Br/c1-2-3-9-4-6-10(8-11)7-5-9/h2-7H,8H2,1H3/b3-2+. The Morgan fingerprint density at radius 3 is 2.36 bits per heavy atom. The number of hydrogen-bond acceptors (Lipinski definition) is 0. The number of halogens is 1. The second kappa shape index (κ2) is 4.35. The number of benzene rings is 1. The molecule has 0 N–H and O–H groups in total. The SMILES string of the molecule is C/C=C/c1ccc(CBr)cc1. The number of rotatable bonds is 2. The van der Waals surface area contributed by atoms with Crippen molar-refractivity contribution in [3.8, 4) is 0 Å². The molecular weight excluding hydrogens is 200 g/mol. The van der Waals surface area contributed by atoms with E-state index in [1.165, 1.54) is 11.1 Å². The zero-order valence-electron chi connectivity index (χ0n) is 6.55. The van der Waals surface area contributed by atoms with Crippen LogP contribution >= 0.6 is 15.9 Å². The molecule has 0 atom stereocenters. The monoisotopic (exact) mass is 210 g/mol. The molecule has 0 spiro atoms. The summed E-state index contributed by atoms with van der Waals surface area (Å²) in [7, 11) is 0. The minimum absolute atomic E-state index is 0.934. The Hall–Kier alpha value is -0.560. The maximum atomic E-state index is 3.40. The summed E-state index contributed by atoms with van der Waals surface area (Å²) in [5, 5.41) is 0.934. The zero-order valence-corrected chi connectivity index (χ0v) is 8.14. The zero-order chi connectivity index (χ0) is 8.10. The Bertz CT molecular complexity index is 234. The molecule has 0 aliphatic rings. The molecule has 0 bridgehead atoms. The van der Waals surface area contributed by atoms with Gasteiger partial charge in [0.1, 0.15) is 0 Å². The number of alkyl halides is 1. The van der Waals surface area contributed by atoms with Crippen molar-refractivity contribution in [2.75, 3.05) is 0 Å². The van der Waals surface area contributed by atoms with E-state index in [2.05, 4.69) is 46.3 Å². The van der Waals surface area contributed by atoms with Crippen LogP contribution < -0.4 is 0 Å². The summed E-state index contributed by atoms with van der Waals surface area (Å²) < 4.78 is 0. The molecule has 58 valence electrons. The molecule has 11 heavy (non-hydrogen) atoms. The molecule has 0 saturated carbocycles. The third kappa shape index (κ3) is 2.51. The number of allylic oxidation sites excluding steroid dienone is 1. The summed E-state index contributed by atoms with van der Waals surface area (Å²) in [6.45, 7) is 2.03. The fourth-order valence-electron chi connectivity index (χ4n) is 0.910. The van der Waals surface area contributed by atoms with Crippen LogP contribution in [0.4, 0.5) is 0 Å². The topological polar surface area (TPSA) is 0 Å². The quantitative estimate of drug-likeness (QED) is 0.655. The molecule has 0 unspecified atom stereocenters. The third-order valence-corrected chi connectivity index (χ3v) is 2.14. The first-order valence-electron chi connectivity index (χ1n) is 3.64. The first-order valence-corrected chi connectivity index (χ1v) is 4.76. The van der Waals surface area contributed by atoms with E-state index in [4.69, 9.17) is 0 Å². The highest BCUT2D eigenvalue weighted by molar-refractivity contribution is 9.08. The summed E-state index contributed by atoms with van der Waals surface area (Å²) in [4.78, 5) is 0. The van der Waals surface area contributed by atoms with Gasteiger partial charge in [-0.05, 0) is 18.1 Å². The highest BCUT2D eigenvalue weighted by atomic mass is 79.9. The maximum absolute atomic E-state index is 3.40. The molecule has 0 aromatic heterocycles. The fourth-order valence-corrected chi connectivity index (χ4v) is 1.28. The third-order valence-electron chi connectivity index (χ3n) is 1.49. The molecule has 1 rings (SSSR count). The van der Waals surface area contributed by atoms with Crippen molar-refractivity contribution < 1.29 is 0 Å². The highest BCUT2D eigenvalue weighted by Crippen LogP contribution is 2.08. The number of hydrogen-bond donors (Lipinski definition) is 0. The van der Waals surface area contributed by atoms with Crippen molar-refractivity contribution in [3.05, 3.63) is 41.5 Å². The van der Waals surface area contributed by atoms with Gasteiger partial charge in [-0.2, -0.15) is 0 Å². The van der Waals surface area contributed by atoms with Gasteiger partial charge in [-0.1, -0.05) is 52.3 Å². The minimum atomic E-state index is 0.934. The first-order chi connectivity index (χ1) is 5.36. The molecule has 0 nitrogen and oxygen atoms in total. The molecule has 0 aliphatic heterocycles. The van der Waals surface area contributed by atoms with Crippen molar-refractivity contribution in [1.29, 1.82) is 0 Å². The lowest BCUT2D eigenvalue weighted by Crippen LogP contribution is -1.76. The van der Waals surface area contributed by atoms with Crippen LogP contribution in [0.3, 0.4) is 0 Å². The van der Waals surface area contributed by atoms with Crippen LogP contribution in [0.15, 0.2) is 30.3 Å². The maximum Gasteiger partial charge on any atom is 0.0283 e. The summed E-state index contributed by atoms with van der Waals surface area (Å²) in [5.74, 6) is 0. The van der Waals surface area contributed by atoms with Crippen molar-refractivity contribution in [2.24, 2.45) is 0 Å². The van der Waals surface area contributed by atoms with Gasteiger partial charge in [0.25, 0.3) is 0 Å². The minimum Gasteiger partial charge on any atom is -0.0876 e. The van der Waals surface area contributed by atoms with Crippen LogP contribution in [-0.2, 0) is 5.33 Å². The van der Waals surface area contributed by atoms with E-state index in [1.54, 1.807) is 0 Å². The molecule has 0 fully saturated rings. The molecular formula is C10H11Br. The van der Waals surface area contributed by atoms with Gasteiger partial charge in [0.2, 0.25) is 0 Å². The highest BCUT2D eigenvalue weighted by Gasteiger charge is 1.87. The Balaban J connectivity index is 2.82. The second-order valence-corrected chi connectivity index (χ2v) is 2.94. The van der Waals surface area contributed by atoms with Crippen molar-refractivity contribution >= 4 is 22.0 Å². The van der Waals surface area contributed by atoms with Gasteiger partial charge in [-0.15, -0.1) is 0 Å². The van der Waals surface area contributed by atoms with E-state index in [1.807, 2.05) is 13.0 Å². The molecule has 0 heterocycles. The molecule has 1 aromatic carbocycles.